The highest BCUT2D eigenvalue weighted by molar-refractivity contribution is 6.42. The van der Waals surface area contributed by atoms with Crippen LogP contribution in [0.4, 0.5) is 0 Å². The summed E-state index contributed by atoms with van der Waals surface area (Å²) >= 11 is 12.1. The van der Waals surface area contributed by atoms with Crippen molar-refractivity contribution in [3.8, 4) is 0 Å². The van der Waals surface area contributed by atoms with Crippen molar-refractivity contribution < 1.29 is 18.8 Å². The molecule has 1 aliphatic rings. The van der Waals surface area contributed by atoms with Crippen molar-refractivity contribution in [2.24, 2.45) is 5.92 Å². The van der Waals surface area contributed by atoms with Crippen LogP contribution < -0.4 is 0 Å². The summed E-state index contributed by atoms with van der Waals surface area (Å²) in [5.41, 5.74) is 1.36. The Morgan fingerprint density at radius 1 is 1.03 bits per heavy atom. The zero-order valence-corrected chi connectivity index (χ0v) is 22.1. The van der Waals surface area contributed by atoms with E-state index in [4.69, 9.17) is 32.5 Å². The van der Waals surface area contributed by atoms with Crippen LogP contribution in [0.3, 0.4) is 0 Å². The Morgan fingerprint density at radius 3 is 2.49 bits per heavy atom. The molecule has 5 nitrogen and oxygen atoms in total. The lowest BCUT2D eigenvalue weighted by atomic mass is 9.71. The molecule has 1 aromatic heterocycles. The number of aromatic nitrogens is 1. The topological polar surface area (TPSA) is 55.5 Å². The Hall–Kier alpha value is -1.89. The maximum absolute atomic E-state index is 12.0. The largest absolute Gasteiger partial charge is 0.378 e. The molecular formula is C28H35Cl2N2O3+. The second kappa shape index (κ2) is 11.4. The molecule has 1 aliphatic carbocycles. The molecule has 3 aromatic rings. The average Bonchev–Trinajstić information content (AvgIpc) is 3.33. The Balaban J connectivity index is 1.40. The summed E-state index contributed by atoms with van der Waals surface area (Å²) in [4.78, 5) is 0. The molecule has 1 unspecified atom stereocenters. The van der Waals surface area contributed by atoms with E-state index in [0.717, 1.165) is 49.1 Å². The van der Waals surface area contributed by atoms with Gasteiger partial charge in [-0.1, -0.05) is 84.0 Å². The SMILES string of the molecule is C[N+](C)(CCOCc1ccc(Cl)c(Cl)c1)Cc1cc(C(O)(c2ccccc2)C2CCCCC2)no1. The summed E-state index contributed by atoms with van der Waals surface area (Å²) in [5, 5.41) is 17.5. The van der Waals surface area contributed by atoms with Gasteiger partial charge in [0.15, 0.2) is 5.76 Å². The van der Waals surface area contributed by atoms with Crippen LogP contribution in [-0.2, 0) is 23.5 Å². The van der Waals surface area contributed by atoms with Gasteiger partial charge in [-0.15, -0.1) is 0 Å². The van der Waals surface area contributed by atoms with Crippen molar-refractivity contribution in [2.45, 2.75) is 50.9 Å². The Labute approximate surface area is 218 Å². The summed E-state index contributed by atoms with van der Waals surface area (Å²) < 4.78 is 12.3. The van der Waals surface area contributed by atoms with Crippen molar-refractivity contribution in [1.82, 2.24) is 5.16 Å². The lowest BCUT2D eigenvalue weighted by molar-refractivity contribution is -0.905. The first-order chi connectivity index (χ1) is 16.8. The fourth-order valence-electron chi connectivity index (χ4n) is 5.00. The highest BCUT2D eigenvalue weighted by atomic mass is 35.5. The van der Waals surface area contributed by atoms with Crippen molar-refractivity contribution in [2.75, 3.05) is 27.2 Å². The van der Waals surface area contributed by atoms with Gasteiger partial charge in [-0.25, -0.2) is 0 Å². The lowest BCUT2D eigenvalue weighted by Gasteiger charge is -2.37. The van der Waals surface area contributed by atoms with Gasteiger partial charge in [-0.05, 0) is 42.0 Å². The van der Waals surface area contributed by atoms with E-state index in [2.05, 4.69) is 19.3 Å². The van der Waals surface area contributed by atoms with Crippen LogP contribution in [0.25, 0.3) is 0 Å². The number of likely N-dealkylation sites (N-methyl/N-ethyl adjacent to an activating group) is 1. The van der Waals surface area contributed by atoms with E-state index < -0.39 is 5.60 Å². The quantitative estimate of drug-likeness (QED) is 0.243. The number of rotatable bonds is 10. The van der Waals surface area contributed by atoms with Crippen molar-refractivity contribution >= 4 is 23.2 Å². The summed E-state index contributed by atoms with van der Waals surface area (Å²) in [6.07, 6.45) is 5.48. The second-order valence-corrected chi connectivity index (χ2v) is 11.1. The minimum atomic E-state index is -1.14. The predicted octanol–water partition coefficient (Wildman–Crippen LogP) is 6.59. The number of halogens is 2. The third-order valence-electron chi connectivity index (χ3n) is 7.04. The molecule has 4 rings (SSSR count). The van der Waals surface area contributed by atoms with Crippen LogP contribution in [0.2, 0.25) is 10.0 Å². The van der Waals surface area contributed by atoms with Crippen molar-refractivity contribution in [3.05, 3.63) is 87.2 Å². The molecule has 35 heavy (non-hydrogen) atoms. The molecule has 1 fully saturated rings. The Bertz CT molecular complexity index is 1100. The number of benzene rings is 2. The zero-order chi connectivity index (χ0) is 24.9. The predicted molar refractivity (Wildman–Crippen MR) is 139 cm³/mol. The highest BCUT2D eigenvalue weighted by Crippen LogP contribution is 2.43. The number of quaternary nitrogens is 1. The molecular weight excluding hydrogens is 483 g/mol. The van der Waals surface area contributed by atoms with E-state index in [-0.39, 0.29) is 5.92 Å². The molecule has 1 heterocycles. The minimum Gasteiger partial charge on any atom is -0.378 e. The maximum Gasteiger partial charge on any atom is 0.191 e. The van der Waals surface area contributed by atoms with Crippen LogP contribution in [-0.4, -0.2) is 42.0 Å². The molecule has 1 atom stereocenters. The Kier molecular flexibility index (Phi) is 8.56. The smallest absolute Gasteiger partial charge is 0.191 e. The molecule has 0 bridgehead atoms. The van der Waals surface area contributed by atoms with Crippen LogP contribution in [0.1, 0.15) is 54.7 Å². The van der Waals surface area contributed by atoms with Crippen LogP contribution in [0.15, 0.2) is 59.1 Å². The van der Waals surface area contributed by atoms with E-state index in [9.17, 15) is 5.11 Å². The lowest BCUT2D eigenvalue weighted by Crippen LogP contribution is -2.41. The van der Waals surface area contributed by atoms with Gasteiger partial charge >= 0.3 is 0 Å². The first-order valence-electron chi connectivity index (χ1n) is 12.4. The molecule has 7 heteroatoms. The Morgan fingerprint density at radius 2 is 1.77 bits per heavy atom. The van der Waals surface area contributed by atoms with Gasteiger partial charge < -0.3 is 18.8 Å². The van der Waals surface area contributed by atoms with Gasteiger partial charge in [-0.3, -0.25) is 0 Å². The van der Waals surface area contributed by atoms with Gasteiger partial charge in [0.2, 0.25) is 0 Å². The normalized spacial score (nSPS) is 16.8. The fourth-order valence-corrected chi connectivity index (χ4v) is 5.33. The first-order valence-corrected chi connectivity index (χ1v) is 13.1. The van der Waals surface area contributed by atoms with Crippen LogP contribution >= 0.6 is 23.2 Å². The number of aliphatic hydroxyl groups is 1. The van der Waals surface area contributed by atoms with Gasteiger partial charge in [0.05, 0.1) is 37.4 Å². The zero-order valence-electron chi connectivity index (χ0n) is 20.6. The minimum absolute atomic E-state index is 0.133. The van der Waals surface area contributed by atoms with Gasteiger partial charge in [-0.2, -0.15) is 0 Å². The first kappa shape index (κ1) is 26.2. The van der Waals surface area contributed by atoms with Crippen LogP contribution in [0, 0.1) is 5.92 Å². The molecule has 0 saturated heterocycles. The molecule has 188 valence electrons. The summed E-state index contributed by atoms with van der Waals surface area (Å²) in [6, 6.07) is 17.4. The number of hydrogen-bond donors (Lipinski definition) is 1. The molecule has 0 spiro atoms. The monoisotopic (exact) mass is 517 g/mol. The number of ether oxygens (including phenoxy) is 1. The number of nitrogens with zero attached hydrogens (tertiary/aromatic N) is 2. The maximum atomic E-state index is 12.0. The second-order valence-electron chi connectivity index (χ2n) is 10.3. The van der Waals surface area contributed by atoms with E-state index in [1.54, 1.807) is 6.07 Å². The molecule has 1 N–H and O–H groups in total. The molecule has 1 saturated carbocycles. The standard InChI is InChI=1S/C28H35Cl2N2O3/c1-32(2,15-16-34-20-21-13-14-25(29)26(30)17-21)19-24-18-27(31-35-24)28(33,22-9-5-3-6-10-22)23-11-7-4-8-12-23/h3,5-6,9-10,13-14,17-18,23,33H,4,7-8,11-12,15-16,19-20H2,1-2H3/q+1. The summed E-state index contributed by atoms with van der Waals surface area (Å²) in [6.45, 7) is 2.51. The van der Waals surface area contributed by atoms with Crippen molar-refractivity contribution in [3.63, 3.8) is 0 Å². The van der Waals surface area contributed by atoms with Gasteiger partial charge in [0.1, 0.15) is 24.4 Å². The fraction of sp³-hybridized carbons (Fsp3) is 0.464. The summed E-state index contributed by atoms with van der Waals surface area (Å²) in [5.74, 6) is 0.897. The van der Waals surface area contributed by atoms with E-state index in [1.165, 1.54) is 6.42 Å². The van der Waals surface area contributed by atoms with E-state index >= 15 is 0 Å². The number of hydrogen-bond acceptors (Lipinski definition) is 4. The summed E-state index contributed by atoms with van der Waals surface area (Å²) in [7, 11) is 4.27. The van der Waals surface area contributed by atoms with Crippen LogP contribution in [0.5, 0.6) is 0 Å². The van der Waals surface area contributed by atoms with Gasteiger partial charge in [0.25, 0.3) is 0 Å². The van der Waals surface area contributed by atoms with E-state index in [0.29, 0.717) is 40.0 Å². The molecule has 2 aromatic carbocycles. The third kappa shape index (κ3) is 6.46. The average molecular weight is 519 g/mol. The highest BCUT2D eigenvalue weighted by Gasteiger charge is 2.43. The molecule has 0 amide bonds. The van der Waals surface area contributed by atoms with Gasteiger partial charge in [0, 0.05) is 6.07 Å². The third-order valence-corrected chi connectivity index (χ3v) is 7.78. The molecule has 0 aliphatic heterocycles. The molecule has 0 radical (unpaired) electrons. The van der Waals surface area contributed by atoms with Crippen molar-refractivity contribution in [1.29, 1.82) is 0 Å². The van der Waals surface area contributed by atoms with E-state index in [1.807, 2.05) is 48.5 Å².